The molecular formula is C11H12F2O. The molecule has 0 aliphatic heterocycles. The van der Waals surface area contributed by atoms with E-state index in [1.54, 1.807) is 0 Å². The van der Waals surface area contributed by atoms with Gasteiger partial charge in [0.1, 0.15) is 0 Å². The van der Waals surface area contributed by atoms with Gasteiger partial charge < -0.3 is 5.11 Å². The Balaban J connectivity index is 2.10. The fraction of sp³-hybridized carbons (Fsp3) is 0.455. The lowest BCUT2D eigenvalue weighted by atomic mass is 10.0. The number of aliphatic hydroxyl groups excluding tert-OH is 1. The molecule has 1 aliphatic carbocycles. The average molecular weight is 198 g/mol. The van der Waals surface area contributed by atoms with Gasteiger partial charge in [0.25, 0.3) is 0 Å². The Labute approximate surface area is 81.4 Å². The highest BCUT2D eigenvalue weighted by Gasteiger charge is 2.25. The van der Waals surface area contributed by atoms with Gasteiger partial charge in [0.15, 0.2) is 11.6 Å². The third-order valence-corrected chi connectivity index (χ3v) is 2.58. The molecule has 0 heterocycles. The van der Waals surface area contributed by atoms with E-state index in [1.165, 1.54) is 6.07 Å². The maximum Gasteiger partial charge on any atom is 0.159 e. The van der Waals surface area contributed by atoms with Crippen LogP contribution in [0.4, 0.5) is 8.78 Å². The Kier molecular flexibility index (Phi) is 2.50. The van der Waals surface area contributed by atoms with Gasteiger partial charge in [-0.25, -0.2) is 8.78 Å². The first-order valence-electron chi connectivity index (χ1n) is 4.80. The van der Waals surface area contributed by atoms with Crippen LogP contribution in [0.2, 0.25) is 0 Å². The summed E-state index contributed by atoms with van der Waals surface area (Å²) in [6.07, 6.45) is 2.28. The number of aliphatic hydroxyl groups is 1. The second kappa shape index (κ2) is 3.65. The highest BCUT2D eigenvalue weighted by Crippen LogP contribution is 2.37. The Bertz CT molecular complexity index is 334. The lowest BCUT2D eigenvalue weighted by Crippen LogP contribution is -1.99. The van der Waals surface area contributed by atoms with Crippen LogP contribution in [-0.4, -0.2) is 5.11 Å². The fourth-order valence-electron chi connectivity index (χ4n) is 1.53. The summed E-state index contributed by atoms with van der Waals surface area (Å²) in [5.41, 5.74) is 0.468. The maximum atomic E-state index is 12.8. The molecule has 76 valence electrons. The number of halogens is 2. The van der Waals surface area contributed by atoms with E-state index in [0.29, 0.717) is 17.9 Å². The zero-order chi connectivity index (χ0) is 10.1. The predicted molar refractivity (Wildman–Crippen MR) is 48.7 cm³/mol. The fourth-order valence-corrected chi connectivity index (χ4v) is 1.53. The van der Waals surface area contributed by atoms with Crippen molar-refractivity contribution in [2.45, 2.75) is 25.4 Å². The lowest BCUT2D eigenvalue weighted by molar-refractivity contribution is 0.160. The van der Waals surface area contributed by atoms with Crippen molar-refractivity contribution in [1.29, 1.82) is 0 Å². The van der Waals surface area contributed by atoms with Gasteiger partial charge in [-0.15, -0.1) is 0 Å². The van der Waals surface area contributed by atoms with E-state index in [-0.39, 0.29) is 0 Å². The molecule has 1 atom stereocenters. The molecule has 0 spiro atoms. The average Bonchev–Trinajstić information content (AvgIpc) is 2.93. The largest absolute Gasteiger partial charge is 0.388 e. The second-order valence-electron chi connectivity index (χ2n) is 3.87. The summed E-state index contributed by atoms with van der Waals surface area (Å²) >= 11 is 0. The van der Waals surface area contributed by atoms with E-state index < -0.39 is 17.7 Å². The van der Waals surface area contributed by atoms with E-state index >= 15 is 0 Å². The molecule has 1 unspecified atom stereocenters. The summed E-state index contributed by atoms with van der Waals surface area (Å²) in [6.45, 7) is 0. The van der Waals surface area contributed by atoms with Crippen molar-refractivity contribution in [3.8, 4) is 0 Å². The minimum atomic E-state index is -0.891. The smallest absolute Gasteiger partial charge is 0.159 e. The second-order valence-corrected chi connectivity index (χ2v) is 3.87. The molecule has 1 aromatic rings. The number of hydrogen-bond donors (Lipinski definition) is 1. The van der Waals surface area contributed by atoms with Crippen LogP contribution in [0.15, 0.2) is 18.2 Å². The first-order valence-corrected chi connectivity index (χ1v) is 4.80. The van der Waals surface area contributed by atoms with Crippen LogP contribution in [0, 0.1) is 17.6 Å². The van der Waals surface area contributed by atoms with Gasteiger partial charge in [0, 0.05) is 0 Å². The van der Waals surface area contributed by atoms with E-state index in [2.05, 4.69) is 0 Å². The van der Waals surface area contributed by atoms with E-state index in [1.807, 2.05) is 0 Å². The van der Waals surface area contributed by atoms with Crippen molar-refractivity contribution in [2.75, 3.05) is 0 Å². The molecule has 1 nitrogen and oxygen atoms in total. The van der Waals surface area contributed by atoms with E-state index in [9.17, 15) is 13.9 Å². The zero-order valence-electron chi connectivity index (χ0n) is 7.71. The summed E-state index contributed by atoms with van der Waals surface area (Å²) in [7, 11) is 0. The van der Waals surface area contributed by atoms with Crippen LogP contribution in [0.1, 0.15) is 30.9 Å². The van der Waals surface area contributed by atoms with Gasteiger partial charge in [-0.1, -0.05) is 18.9 Å². The van der Waals surface area contributed by atoms with E-state index in [0.717, 1.165) is 25.0 Å². The Hall–Kier alpha value is -0.960. The molecule has 3 heteroatoms. The van der Waals surface area contributed by atoms with Gasteiger partial charge >= 0.3 is 0 Å². The highest BCUT2D eigenvalue weighted by molar-refractivity contribution is 5.20. The summed E-state index contributed by atoms with van der Waals surface area (Å²) in [6, 6.07) is 3.56. The molecule has 1 N–H and O–H groups in total. The van der Waals surface area contributed by atoms with Crippen LogP contribution < -0.4 is 0 Å². The summed E-state index contributed by atoms with van der Waals surface area (Å²) in [5, 5.41) is 9.66. The van der Waals surface area contributed by atoms with Gasteiger partial charge in [-0.05, 0) is 30.0 Å². The molecule has 0 amide bonds. The normalized spacial score (nSPS) is 18.2. The van der Waals surface area contributed by atoms with Crippen LogP contribution in [-0.2, 0) is 0 Å². The first-order chi connectivity index (χ1) is 6.66. The zero-order valence-corrected chi connectivity index (χ0v) is 7.71. The topological polar surface area (TPSA) is 20.2 Å². The van der Waals surface area contributed by atoms with Gasteiger partial charge in [-0.3, -0.25) is 0 Å². The lowest BCUT2D eigenvalue weighted by Gasteiger charge is -2.10. The number of benzene rings is 1. The van der Waals surface area contributed by atoms with Gasteiger partial charge in [0.05, 0.1) is 6.10 Å². The minimum Gasteiger partial charge on any atom is -0.388 e. The Morgan fingerprint density at radius 2 is 2.00 bits per heavy atom. The Morgan fingerprint density at radius 3 is 2.57 bits per heavy atom. The summed E-state index contributed by atoms with van der Waals surface area (Å²) < 4.78 is 25.4. The SMILES string of the molecule is OC(CC1CC1)c1ccc(F)c(F)c1. The third-order valence-electron chi connectivity index (χ3n) is 2.58. The van der Waals surface area contributed by atoms with Crippen LogP contribution >= 0.6 is 0 Å². The Morgan fingerprint density at radius 1 is 1.29 bits per heavy atom. The van der Waals surface area contributed by atoms with Crippen molar-refractivity contribution >= 4 is 0 Å². The molecule has 1 aromatic carbocycles. The van der Waals surface area contributed by atoms with Crippen molar-refractivity contribution in [3.05, 3.63) is 35.4 Å². The van der Waals surface area contributed by atoms with Crippen LogP contribution in [0.3, 0.4) is 0 Å². The number of rotatable bonds is 3. The maximum absolute atomic E-state index is 12.8. The first kappa shape index (κ1) is 9.59. The van der Waals surface area contributed by atoms with Crippen LogP contribution in [0.5, 0.6) is 0 Å². The van der Waals surface area contributed by atoms with Gasteiger partial charge in [-0.2, -0.15) is 0 Å². The molecule has 0 bridgehead atoms. The summed E-state index contributed by atoms with van der Waals surface area (Å²) in [5.74, 6) is -1.19. The monoisotopic (exact) mass is 198 g/mol. The standard InChI is InChI=1S/C11H12F2O/c12-9-4-3-8(6-10(9)13)11(14)5-7-1-2-7/h3-4,6-7,11,14H,1-2,5H2. The van der Waals surface area contributed by atoms with Crippen molar-refractivity contribution < 1.29 is 13.9 Å². The van der Waals surface area contributed by atoms with E-state index in [4.69, 9.17) is 0 Å². The molecule has 1 aliphatic rings. The molecule has 0 radical (unpaired) electrons. The highest BCUT2D eigenvalue weighted by atomic mass is 19.2. The van der Waals surface area contributed by atoms with Crippen LogP contribution in [0.25, 0.3) is 0 Å². The molecule has 1 saturated carbocycles. The molecule has 0 saturated heterocycles. The molecule has 2 rings (SSSR count). The van der Waals surface area contributed by atoms with Crippen molar-refractivity contribution in [1.82, 2.24) is 0 Å². The third kappa shape index (κ3) is 2.10. The summed E-state index contributed by atoms with van der Waals surface area (Å²) in [4.78, 5) is 0. The quantitative estimate of drug-likeness (QED) is 0.791. The van der Waals surface area contributed by atoms with Gasteiger partial charge in [0.2, 0.25) is 0 Å². The molecule has 1 fully saturated rings. The van der Waals surface area contributed by atoms with Crippen molar-refractivity contribution in [3.63, 3.8) is 0 Å². The molecule has 14 heavy (non-hydrogen) atoms. The number of hydrogen-bond acceptors (Lipinski definition) is 1. The van der Waals surface area contributed by atoms with Crippen molar-refractivity contribution in [2.24, 2.45) is 5.92 Å². The predicted octanol–water partition coefficient (Wildman–Crippen LogP) is 2.80. The molecular weight excluding hydrogens is 186 g/mol. The molecule has 0 aromatic heterocycles. The minimum absolute atomic E-state index is 0.468.